The molecule has 0 aromatic heterocycles. The zero-order valence-electron chi connectivity index (χ0n) is 14.3. The maximum atomic E-state index is 12.7. The van der Waals surface area contributed by atoms with Crippen molar-refractivity contribution in [2.45, 2.75) is 25.9 Å². The molecule has 2 amide bonds. The van der Waals surface area contributed by atoms with Crippen molar-refractivity contribution < 1.29 is 14.3 Å². The number of carbonyl (C=O) groups excluding carboxylic acids is 2. The van der Waals surface area contributed by atoms with Crippen LogP contribution >= 0.6 is 0 Å². The van der Waals surface area contributed by atoms with Crippen LogP contribution in [0.4, 0.5) is 5.69 Å². The van der Waals surface area contributed by atoms with Crippen LogP contribution in [0, 0.1) is 0 Å². The first kappa shape index (κ1) is 17.0. The predicted octanol–water partition coefficient (Wildman–Crippen LogP) is 3.33. The minimum atomic E-state index is -0.129. The van der Waals surface area contributed by atoms with Crippen LogP contribution in [-0.4, -0.2) is 35.9 Å². The highest BCUT2D eigenvalue weighted by Gasteiger charge is 2.25. The van der Waals surface area contributed by atoms with Crippen LogP contribution < -0.4 is 10.1 Å². The number of ether oxygens (including phenoxy) is 1. The summed E-state index contributed by atoms with van der Waals surface area (Å²) < 4.78 is 5.99. The summed E-state index contributed by atoms with van der Waals surface area (Å²) in [5.74, 6) is 0.702. The second kappa shape index (κ2) is 7.83. The molecule has 0 radical (unpaired) electrons. The normalized spacial score (nSPS) is 17.0. The predicted molar refractivity (Wildman–Crippen MR) is 96.7 cm³/mol. The van der Waals surface area contributed by atoms with Crippen molar-refractivity contribution in [3.63, 3.8) is 0 Å². The van der Waals surface area contributed by atoms with Gasteiger partial charge in [0.25, 0.3) is 5.91 Å². The highest BCUT2D eigenvalue weighted by Crippen LogP contribution is 2.20. The Morgan fingerprint density at radius 1 is 1.08 bits per heavy atom. The van der Waals surface area contributed by atoms with E-state index in [2.05, 4.69) is 5.32 Å². The number of para-hydroxylation sites is 1. The van der Waals surface area contributed by atoms with Crippen molar-refractivity contribution in [2.75, 3.05) is 18.4 Å². The molecule has 1 saturated heterocycles. The number of likely N-dealkylation sites (tertiary alicyclic amines) is 1. The van der Waals surface area contributed by atoms with Gasteiger partial charge in [-0.3, -0.25) is 9.59 Å². The third kappa shape index (κ3) is 4.59. The minimum Gasteiger partial charge on any atom is -0.489 e. The topological polar surface area (TPSA) is 58.6 Å². The Hall–Kier alpha value is -2.82. The summed E-state index contributed by atoms with van der Waals surface area (Å²) >= 11 is 0. The maximum absolute atomic E-state index is 12.7. The van der Waals surface area contributed by atoms with Gasteiger partial charge in [-0.15, -0.1) is 0 Å². The quantitative estimate of drug-likeness (QED) is 0.930. The number of hydrogen-bond acceptors (Lipinski definition) is 3. The van der Waals surface area contributed by atoms with Crippen molar-refractivity contribution >= 4 is 17.5 Å². The van der Waals surface area contributed by atoms with Crippen LogP contribution in [0.1, 0.15) is 30.1 Å². The molecule has 0 bridgehead atoms. The highest BCUT2D eigenvalue weighted by molar-refractivity contribution is 5.95. The van der Waals surface area contributed by atoms with E-state index in [4.69, 9.17) is 4.74 Å². The van der Waals surface area contributed by atoms with Crippen LogP contribution in [0.25, 0.3) is 0 Å². The number of carbonyl (C=O) groups is 2. The van der Waals surface area contributed by atoms with Gasteiger partial charge in [-0.1, -0.05) is 18.2 Å². The zero-order valence-corrected chi connectivity index (χ0v) is 14.3. The Labute approximate surface area is 147 Å². The van der Waals surface area contributed by atoms with E-state index in [1.165, 1.54) is 6.92 Å². The molecule has 1 heterocycles. The average molecular weight is 338 g/mol. The minimum absolute atomic E-state index is 0.00395. The molecule has 1 unspecified atom stereocenters. The van der Waals surface area contributed by atoms with Crippen molar-refractivity contribution in [3.8, 4) is 5.75 Å². The molecule has 2 aromatic carbocycles. The zero-order chi connectivity index (χ0) is 17.6. The molecule has 0 spiro atoms. The molecule has 0 saturated carbocycles. The molecule has 1 aliphatic heterocycles. The highest BCUT2D eigenvalue weighted by atomic mass is 16.5. The lowest BCUT2D eigenvalue weighted by Gasteiger charge is -2.33. The SMILES string of the molecule is CC(=O)Nc1ccc(C(=O)N2CCCC(Oc3ccccc3)C2)cc1. The molecular formula is C20H22N2O3. The van der Waals surface area contributed by atoms with Crippen molar-refractivity contribution in [1.82, 2.24) is 4.90 Å². The Morgan fingerprint density at radius 3 is 2.48 bits per heavy atom. The smallest absolute Gasteiger partial charge is 0.253 e. The summed E-state index contributed by atoms with van der Waals surface area (Å²) in [6.45, 7) is 2.78. The molecule has 1 fully saturated rings. The van der Waals surface area contributed by atoms with Gasteiger partial charge in [0.15, 0.2) is 0 Å². The Kier molecular flexibility index (Phi) is 5.33. The second-order valence-electron chi connectivity index (χ2n) is 6.20. The Balaban J connectivity index is 1.62. The van der Waals surface area contributed by atoms with Gasteiger partial charge in [0.1, 0.15) is 11.9 Å². The van der Waals surface area contributed by atoms with E-state index in [0.29, 0.717) is 17.8 Å². The number of amides is 2. The molecule has 3 rings (SSSR count). The summed E-state index contributed by atoms with van der Waals surface area (Å²) in [5.41, 5.74) is 1.31. The van der Waals surface area contributed by atoms with E-state index in [-0.39, 0.29) is 17.9 Å². The first-order valence-electron chi connectivity index (χ1n) is 8.50. The number of rotatable bonds is 4. The first-order chi connectivity index (χ1) is 12.1. The van der Waals surface area contributed by atoms with Crippen molar-refractivity contribution in [3.05, 3.63) is 60.2 Å². The fraction of sp³-hybridized carbons (Fsp3) is 0.300. The maximum Gasteiger partial charge on any atom is 0.253 e. The largest absolute Gasteiger partial charge is 0.489 e. The van der Waals surface area contributed by atoms with Gasteiger partial charge in [0.2, 0.25) is 5.91 Å². The van der Waals surface area contributed by atoms with E-state index in [1.807, 2.05) is 35.2 Å². The molecule has 2 aromatic rings. The molecule has 130 valence electrons. The van der Waals surface area contributed by atoms with Gasteiger partial charge in [-0.05, 0) is 49.2 Å². The van der Waals surface area contributed by atoms with E-state index in [1.54, 1.807) is 24.3 Å². The third-order valence-corrected chi connectivity index (χ3v) is 4.16. The summed E-state index contributed by atoms with van der Waals surface area (Å²) in [4.78, 5) is 25.6. The monoisotopic (exact) mass is 338 g/mol. The lowest BCUT2D eigenvalue weighted by molar-refractivity contribution is -0.114. The van der Waals surface area contributed by atoms with Gasteiger partial charge in [-0.2, -0.15) is 0 Å². The Morgan fingerprint density at radius 2 is 1.80 bits per heavy atom. The van der Waals surface area contributed by atoms with Gasteiger partial charge in [0, 0.05) is 24.7 Å². The lowest BCUT2D eigenvalue weighted by atomic mass is 10.1. The third-order valence-electron chi connectivity index (χ3n) is 4.16. The lowest BCUT2D eigenvalue weighted by Crippen LogP contribution is -2.44. The van der Waals surface area contributed by atoms with E-state index in [0.717, 1.165) is 25.1 Å². The van der Waals surface area contributed by atoms with Gasteiger partial charge >= 0.3 is 0 Å². The summed E-state index contributed by atoms with van der Waals surface area (Å²) in [6.07, 6.45) is 1.88. The molecular weight excluding hydrogens is 316 g/mol. The standard InChI is InChI=1S/C20H22N2O3/c1-15(23)21-17-11-9-16(10-12-17)20(24)22-13-5-8-19(14-22)25-18-6-3-2-4-7-18/h2-4,6-7,9-12,19H,5,8,13-14H2,1H3,(H,21,23). The molecule has 5 nitrogen and oxygen atoms in total. The van der Waals surface area contributed by atoms with Crippen molar-refractivity contribution in [1.29, 1.82) is 0 Å². The van der Waals surface area contributed by atoms with Gasteiger partial charge in [0.05, 0.1) is 6.54 Å². The molecule has 1 N–H and O–H groups in total. The molecule has 0 aliphatic carbocycles. The Bertz CT molecular complexity index is 728. The van der Waals surface area contributed by atoms with E-state index >= 15 is 0 Å². The fourth-order valence-corrected chi connectivity index (χ4v) is 2.99. The summed E-state index contributed by atoms with van der Waals surface area (Å²) in [6, 6.07) is 16.7. The average Bonchev–Trinajstić information content (AvgIpc) is 2.62. The van der Waals surface area contributed by atoms with Crippen LogP contribution in [-0.2, 0) is 4.79 Å². The fourth-order valence-electron chi connectivity index (χ4n) is 2.99. The molecule has 1 aliphatic rings. The molecule has 5 heteroatoms. The number of anilines is 1. The van der Waals surface area contributed by atoms with E-state index in [9.17, 15) is 9.59 Å². The van der Waals surface area contributed by atoms with E-state index < -0.39 is 0 Å². The van der Waals surface area contributed by atoms with Crippen LogP contribution in [0.3, 0.4) is 0 Å². The number of nitrogens with zero attached hydrogens (tertiary/aromatic N) is 1. The number of benzene rings is 2. The van der Waals surface area contributed by atoms with Crippen LogP contribution in [0.5, 0.6) is 5.75 Å². The number of nitrogens with one attached hydrogen (secondary N) is 1. The first-order valence-corrected chi connectivity index (χ1v) is 8.50. The van der Waals surface area contributed by atoms with Crippen LogP contribution in [0.2, 0.25) is 0 Å². The number of hydrogen-bond donors (Lipinski definition) is 1. The molecule has 1 atom stereocenters. The van der Waals surface area contributed by atoms with Gasteiger partial charge in [-0.25, -0.2) is 0 Å². The van der Waals surface area contributed by atoms with Crippen LogP contribution in [0.15, 0.2) is 54.6 Å². The molecule has 25 heavy (non-hydrogen) atoms. The second-order valence-corrected chi connectivity index (χ2v) is 6.20. The summed E-state index contributed by atoms with van der Waals surface area (Å²) in [5, 5.41) is 2.70. The summed E-state index contributed by atoms with van der Waals surface area (Å²) in [7, 11) is 0. The number of piperidine rings is 1. The van der Waals surface area contributed by atoms with Crippen molar-refractivity contribution in [2.24, 2.45) is 0 Å². The van der Waals surface area contributed by atoms with Gasteiger partial charge < -0.3 is 15.0 Å².